The highest BCUT2D eigenvalue weighted by Gasteiger charge is 2.18. The molecule has 0 amide bonds. The number of aromatic nitrogens is 2. The fourth-order valence-electron chi connectivity index (χ4n) is 1.99. The van der Waals surface area contributed by atoms with Crippen LogP contribution in [-0.4, -0.2) is 15.5 Å². The first kappa shape index (κ1) is 16.4. The standard InChI is InChI=1S/C15H20FN5S/c1-9(2)13-14(22-11-6-4-5-10(16)7-11)21(3)12(20-13)8-19-15(17)18/h4-7,9H,8H2,1-3H3,(H4,17,18,19). The van der Waals surface area contributed by atoms with Gasteiger partial charge in [-0.05, 0) is 24.1 Å². The second kappa shape index (κ2) is 6.83. The number of benzene rings is 1. The van der Waals surface area contributed by atoms with Crippen molar-refractivity contribution in [3.8, 4) is 0 Å². The largest absolute Gasteiger partial charge is 0.370 e. The molecule has 0 fully saturated rings. The van der Waals surface area contributed by atoms with Crippen molar-refractivity contribution in [1.29, 1.82) is 0 Å². The Kier molecular flexibility index (Phi) is 5.07. The summed E-state index contributed by atoms with van der Waals surface area (Å²) in [5.74, 6) is 0.804. The molecule has 4 N–H and O–H groups in total. The van der Waals surface area contributed by atoms with E-state index in [4.69, 9.17) is 11.5 Å². The number of nitrogens with zero attached hydrogens (tertiary/aromatic N) is 3. The number of hydrogen-bond donors (Lipinski definition) is 2. The summed E-state index contributed by atoms with van der Waals surface area (Å²) in [4.78, 5) is 9.47. The van der Waals surface area contributed by atoms with Crippen LogP contribution < -0.4 is 11.5 Å². The third kappa shape index (κ3) is 3.79. The van der Waals surface area contributed by atoms with E-state index in [9.17, 15) is 4.39 Å². The first-order valence-electron chi connectivity index (χ1n) is 6.92. The summed E-state index contributed by atoms with van der Waals surface area (Å²) >= 11 is 1.49. The summed E-state index contributed by atoms with van der Waals surface area (Å²) in [6, 6.07) is 6.52. The van der Waals surface area contributed by atoms with Crippen LogP contribution >= 0.6 is 11.8 Å². The lowest BCUT2D eigenvalue weighted by molar-refractivity contribution is 0.624. The molecule has 7 heteroatoms. The Hall–Kier alpha value is -2.02. The highest BCUT2D eigenvalue weighted by Crippen LogP contribution is 2.34. The maximum absolute atomic E-state index is 13.4. The van der Waals surface area contributed by atoms with Gasteiger partial charge in [-0.25, -0.2) is 14.4 Å². The van der Waals surface area contributed by atoms with Gasteiger partial charge in [-0.15, -0.1) is 0 Å². The van der Waals surface area contributed by atoms with Crippen molar-refractivity contribution in [2.45, 2.75) is 36.2 Å². The van der Waals surface area contributed by atoms with Gasteiger partial charge in [-0.1, -0.05) is 31.7 Å². The highest BCUT2D eigenvalue weighted by atomic mass is 32.2. The van der Waals surface area contributed by atoms with Gasteiger partial charge in [0.15, 0.2) is 5.96 Å². The van der Waals surface area contributed by atoms with Gasteiger partial charge in [0, 0.05) is 11.9 Å². The van der Waals surface area contributed by atoms with Crippen LogP contribution in [0.15, 0.2) is 39.2 Å². The lowest BCUT2D eigenvalue weighted by atomic mass is 10.2. The molecule has 0 saturated carbocycles. The van der Waals surface area contributed by atoms with Crippen LogP contribution in [-0.2, 0) is 13.6 Å². The Balaban J connectivity index is 2.38. The van der Waals surface area contributed by atoms with E-state index >= 15 is 0 Å². The minimum Gasteiger partial charge on any atom is -0.370 e. The van der Waals surface area contributed by atoms with Crippen molar-refractivity contribution >= 4 is 17.7 Å². The van der Waals surface area contributed by atoms with E-state index in [1.54, 1.807) is 6.07 Å². The first-order valence-corrected chi connectivity index (χ1v) is 7.74. The van der Waals surface area contributed by atoms with Crippen LogP contribution in [0.1, 0.15) is 31.3 Å². The number of halogens is 1. The summed E-state index contributed by atoms with van der Waals surface area (Å²) in [7, 11) is 1.91. The topological polar surface area (TPSA) is 82.2 Å². The number of imidazole rings is 1. The van der Waals surface area contributed by atoms with E-state index < -0.39 is 0 Å². The average molecular weight is 321 g/mol. The molecule has 1 aromatic carbocycles. The van der Waals surface area contributed by atoms with E-state index in [1.807, 2.05) is 17.7 Å². The van der Waals surface area contributed by atoms with E-state index in [2.05, 4.69) is 23.8 Å². The zero-order valence-corrected chi connectivity index (χ0v) is 13.7. The lowest BCUT2D eigenvalue weighted by Gasteiger charge is -2.08. The van der Waals surface area contributed by atoms with E-state index in [1.165, 1.54) is 23.9 Å². The van der Waals surface area contributed by atoms with Crippen LogP contribution in [0.2, 0.25) is 0 Å². The predicted molar refractivity (Wildman–Crippen MR) is 87.3 cm³/mol. The minimum absolute atomic E-state index is 0.0356. The maximum Gasteiger partial charge on any atom is 0.186 e. The molecule has 0 saturated heterocycles. The van der Waals surface area contributed by atoms with Gasteiger partial charge in [0.25, 0.3) is 0 Å². The van der Waals surface area contributed by atoms with E-state index in [0.717, 1.165) is 21.4 Å². The van der Waals surface area contributed by atoms with Crippen molar-refractivity contribution in [1.82, 2.24) is 9.55 Å². The Labute approximate surface area is 133 Å². The van der Waals surface area contributed by atoms with Crippen LogP contribution in [0.25, 0.3) is 0 Å². The molecule has 0 aliphatic heterocycles. The van der Waals surface area contributed by atoms with Gasteiger partial charge in [0.1, 0.15) is 23.2 Å². The molecule has 0 aliphatic rings. The number of guanidine groups is 1. The molecule has 0 unspecified atom stereocenters. The SMILES string of the molecule is CC(C)c1nc(CN=C(N)N)n(C)c1Sc1cccc(F)c1. The predicted octanol–water partition coefficient (Wildman–Crippen LogP) is 2.61. The summed E-state index contributed by atoms with van der Waals surface area (Å²) < 4.78 is 15.3. The smallest absolute Gasteiger partial charge is 0.186 e. The first-order chi connectivity index (χ1) is 10.4. The molecular weight excluding hydrogens is 301 g/mol. The molecule has 0 radical (unpaired) electrons. The van der Waals surface area contributed by atoms with Crippen molar-refractivity contribution in [3.05, 3.63) is 41.6 Å². The second-order valence-electron chi connectivity index (χ2n) is 5.23. The normalized spacial score (nSPS) is 11.0. The number of nitrogens with two attached hydrogens (primary N) is 2. The van der Waals surface area contributed by atoms with E-state index in [-0.39, 0.29) is 17.7 Å². The molecule has 0 atom stereocenters. The third-order valence-electron chi connectivity index (χ3n) is 3.12. The highest BCUT2D eigenvalue weighted by molar-refractivity contribution is 7.99. The quantitative estimate of drug-likeness (QED) is 0.655. The van der Waals surface area contributed by atoms with Gasteiger partial charge in [0.2, 0.25) is 0 Å². The molecule has 1 aromatic heterocycles. The monoisotopic (exact) mass is 321 g/mol. The Morgan fingerprint density at radius 2 is 2.14 bits per heavy atom. The summed E-state index contributed by atoms with van der Waals surface area (Å²) in [5.41, 5.74) is 11.7. The Morgan fingerprint density at radius 1 is 1.41 bits per heavy atom. The zero-order valence-electron chi connectivity index (χ0n) is 12.9. The lowest BCUT2D eigenvalue weighted by Crippen LogP contribution is -2.22. The number of rotatable bonds is 5. The molecule has 0 bridgehead atoms. The maximum atomic E-state index is 13.4. The summed E-state index contributed by atoms with van der Waals surface area (Å²) in [6.45, 7) is 4.47. The van der Waals surface area contributed by atoms with Crippen LogP contribution in [0, 0.1) is 5.82 Å². The molecule has 2 rings (SSSR count). The molecule has 1 heterocycles. The third-order valence-corrected chi connectivity index (χ3v) is 4.29. The molecular formula is C15H20FN5S. The molecule has 2 aromatic rings. The minimum atomic E-state index is -0.251. The molecule has 22 heavy (non-hydrogen) atoms. The van der Waals surface area contributed by atoms with Gasteiger partial charge in [-0.3, -0.25) is 0 Å². The molecule has 118 valence electrons. The van der Waals surface area contributed by atoms with Crippen LogP contribution in [0.3, 0.4) is 0 Å². The Bertz CT molecular complexity index is 689. The van der Waals surface area contributed by atoms with Crippen molar-refractivity contribution in [2.24, 2.45) is 23.5 Å². The van der Waals surface area contributed by atoms with Crippen molar-refractivity contribution in [3.63, 3.8) is 0 Å². The van der Waals surface area contributed by atoms with E-state index in [0.29, 0.717) is 6.54 Å². The molecule has 0 aliphatic carbocycles. The molecule has 5 nitrogen and oxygen atoms in total. The van der Waals surface area contributed by atoms with Crippen molar-refractivity contribution in [2.75, 3.05) is 0 Å². The van der Waals surface area contributed by atoms with Crippen LogP contribution in [0.4, 0.5) is 4.39 Å². The number of aliphatic imine (C=N–C) groups is 1. The van der Waals surface area contributed by atoms with Gasteiger partial charge < -0.3 is 16.0 Å². The van der Waals surface area contributed by atoms with Gasteiger partial charge in [-0.2, -0.15) is 0 Å². The van der Waals surface area contributed by atoms with Crippen LogP contribution in [0.5, 0.6) is 0 Å². The van der Waals surface area contributed by atoms with Gasteiger partial charge >= 0.3 is 0 Å². The number of hydrogen-bond acceptors (Lipinski definition) is 3. The summed E-state index contributed by atoms with van der Waals surface area (Å²) in [6.07, 6.45) is 0. The molecule has 0 spiro atoms. The zero-order chi connectivity index (χ0) is 16.3. The average Bonchev–Trinajstić information content (AvgIpc) is 2.74. The fraction of sp³-hybridized carbons (Fsp3) is 0.333. The van der Waals surface area contributed by atoms with Crippen molar-refractivity contribution < 1.29 is 4.39 Å². The Morgan fingerprint density at radius 3 is 2.73 bits per heavy atom. The summed E-state index contributed by atoms with van der Waals surface area (Å²) in [5, 5.41) is 0.974. The van der Waals surface area contributed by atoms with Gasteiger partial charge in [0.05, 0.1) is 5.69 Å². The fourth-order valence-corrected chi connectivity index (χ4v) is 3.16. The second-order valence-corrected chi connectivity index (χ2v) is 6.29.